The minimum atomic E-state index is 0.0364. The summed E-state index contributed by atoms with van der Waals surface area (Å²) in [6.07, 6.45) is 13.6. The lowest BCUT2D eigenvalue weighted by Crippen LogP contribution is -2.23. The van der Waals surface area contributed by atoms with Crippen LogP contribution in [0.2, 0.25) is 0 Å². The number of aryl methyl sites for hydroxylation is 1. The number of nitrogens with one attached hydrogen (secondary N) is 2. The molecule has 6 heteroatoms. The molecule has 0 bridgehead atoms. The smallest absolute Gasteiger partial charge is 0.224 e. The maximum Gasteiger partial charge on any atom is 0.224 e. The third kappa shape index (κ3) is 3.96. The number of allylic oxidation sites excluding steroid dienone is 6. The highest BCUT2D eigenvalue weighted by atomic mass is 16.1. The van der Waals surface area contributed by atoms with Crippen molar-refractivity contribution in [3.8, 4) is 0 Å². The molecule has 0 spiro atoms. The summed E-state index contributed by atoms with van der Waals surface area (Å²) >= 11 is 0. The molecule has 0 saturated carbocycles. The number of hydrogen-bond acceptors (Lipinski definition) is 4. The Morgan fingerprint density at radius 1 is 1.21 bits per heavy atom. The number of carbonyl (C=O) groups is 1. The van der Waals surface area contributed by atoms with E-state index in [2.05, 4.69) is 81.4 Å². The lowest BCUT2D eigenvalue weighted by molar-refractivity contribution is -0.120. The molecule has 28 heavy (non-hydrogen) atoms. The van der Waals surface area contributed by atoms with Gasteiger partial charge in [-0.2, -0.15) is 5.21 Å². The quantitative estimate of drug-likeness (QED) is 0.808. The third-order valence-electron chi connectivity index (χ3n) is 5.63. The number of carbonyl (C=O) groups excluding carboxylic acids is 1. The van der Waals surface area contributed by atoms with Gasteiger partial charge in [0.05, 0.1) is 0 Å². The number of aromatic nitrogens is 4. The first-order valence-electron chi connectivity index (χ1n) is 9.83. The van der Waals surface area contributed by atoms with Crippen LogP contribution < -0.4 is 5.32 Å². The third-order valence-corrected chi connectivity index (χ3v) is 5.63. The molecule has 2 aromatic rings. The van der Waals surface area contributed by atoms with Crippen LogP contribution in [0.4, 0.5) is 0 Å². The summed E-state index contributed by atoms with van der Waals surface area (Å²) in [7, 11) is 0. The largest absolute Gasteiger partial charge is 0.329 e. The predicted octanol–water partition coefficient (Wildman–Crippen LogP) is 3.62. The average molecular weight is 375 g/mol. The molecule has 1 amide bonds. The summed E-state index contributed by atoms with van der Waals surface area (Å²) in [5.41, 5.74) is 4.48. The maximum atomic E-state index is 12.4. The van der Waals surface area contributed by atoms with Gasteiger partial charge in [0.25, 0.3) is 0 Å². The average Bonchev–Trinajstić information content (AvgIpc) is 3.39. The number of hydrogen-bond donors (Lipinski definition) is 2. The highest BCUT2D eigenvalue weighted by molar-refractivity contribution is 5.81. The molecule has 0 radical (unpaired) electrons. The van der Waals surface area contributed by atoms with Crippen LogP contribution in [0.5, 0.6) is 0 Å². The summed E-state index contributed by atoms with van der Waals surface area (Å²) in [5, 5.41) is 17.2. The van der Waals surface area contributed by atoms with E-state index in [1.807, 2.05) is 0 Å². The van der Waals surface area contributed by atoms with Crippen LogP contribution in [0.1, 0.15) is 56.0 Å². The van der Waals surface area contributed by atoms with Gasteiger partial charge in [-0.25, -0.2) is 0 Å². The lowest BCUT2D eigenvalue weighted by Gasteiger charge is -2.27. The number of rotatable bonds is 6. The molecule has 1 heterocycles. The van der Waals surface area contributed by atoms with Gasteiger partial charge in [0.1, 0.15) is 0 Å². The van der Waals surface area contributed by atoms with Gasteiger partial charge in [-0.3, -0.25) is 4.79 Å². The van der Waals surface area contributed by atoms with Crippen molar-refractivity contribution in [2.24, 2.45) is 0 Å². The molecule has 1 aromatic heterocycles. The van der Waals surface area contributed by atoms with Crippen LogP contribution in [-0.4, -0.2) is 26.5 Å². The molecular weight excluding hydrogens is 350 g/mol. The van der Waals surface area contributed by atoms with Gasteiger partial charge in [-0.1, -0.05) is 55.5 Å². The minimum Gasteiger partial charge on any atom is -0.329 e. The van der Waals surface area contributed by atoms with E-state index in [1.54, 1.807) is 0 Å². The monoisotopic (exact) mass is 375 g/mol. The van der Waals surface area contributed by atoms with Gasteiger partial charge in [-0.15, -0.1) is 10.2 Å². The fourth-order valence-electron chi connectivity index (χ4n) is 3.90. The van der Waals surface area contributed by atoms with Crippen molar-refractivity contribution in [3.63, 3.8) is 0 Å². The van der Waals surface area contributed by atoms with Crippen LogP contribution >= 0.6 is 0 Å². The second kappa shape index (κ2) is 7.92. The van der Waals surface area contributed by atoms with E-state index in [4.69, 9.17) is 0 Å². The number of H-pyrrole nitrogens is 1. The highest BCUT2D eigenvalue weighted by Gasteiger charge is 2.23. The number of amides is 1. The van der Waals surface area contributed by atoms with E-state index >= 15 is 0 Å². The molecule has 2 N–H and O–H groups in total. The molecule has 2 aliphatic carbocycles. The zero-order valence-corrected chi connectivity index (χ0v) is 16.1. The van der Waals surface area contributed by atoms with E-state index in [1.165, 1.54) is 11.1 Å². The van der Waals surface area contributed by atoms with Gasteiger partial charge in [-0.05, 0) is 48.4 Å². The Morgan fingerprint density at radius 3 is 2.79 bits per heavy atom. The van der Waals surface area contributed by atoms with Crippen molar-refractivity contribution in [3.05, 3.63) is 71.2 Å². The van der Waals surface area contributed by atoms with Crippen molar-refractivity contribution in [2.45, 2.75) is 50.9 Å². The van der Waals surface area contributed by atoms with E-state index in [0.717, 1.165) is 43.4 Å². The number of nitrogens with zero attached hydrogens (tertiary/aromatic N) is 3. The molecule has 0 aliphatic heterocycles. The molecule has 6 nitrogen and oxygen atoms in total. The van der Waals surface area contributed by atoms with E-state index < -0.39 is 0 Å². The topological polar surface area (TPSA) is 83.6 Å². The fraction of sp³-hybridized carbons (Fsp3) is 0.364. The number of tetrazole rings is 1. The molecular formula is C22H25N5O. The summed E-state index contributed by atoms with van der Waals surface area (Å²) in [5.74, 6) is 0.623. The molecule has 0 fully saturated rings. The second-order valence-electron chi connectivity index (χ2n) is 7.70. The van der Waals surface area contributed by atoms with Crippen LogP contribution in [0.3, 0.4) is 0 Å². The molecule has 0 saturated heterocycles. The molecule has 144 valence electrons. The van der Waals surface area contributed by atoms with Gasteiger partial charge >= 0.3 is 0 Å². The zero-order chi connectivity index (χ0) is 19.4. The number of aromatic amines is 1. The van der Waals surface area contributed by atoms with Crippen LogP contribution in [0, 0.1) is 0 Å². The fourth-order valence-corrected chi connectivity index (χ4v) is 3.90. The summed E-state index contributed by atoms with van der Waals surface area (Å²) in [6, 6.07) is 8.65. The Morgan fingerprint density at radius 2 is 2.07 bits per heavy atom. The normalized spacial score (nSPS) is 21.3. The molecule has 2 aliphatic rings. The summed E-state index contributed by atoms with van der Waals surface area (Å²) in [4.78, 5) is 12.4. The molecule has 1 atom stereocenters. The minimum absolute atomic E-state index is 0.0364. The van der Waals surface area contributed by atoms with Crippen molar-refractivity contribution in [2.75, 3.05) is 0 Å². The molecule has 1 aromatic carbocycles. The predicted molar refractivity (Wildman–Crippen MR) is 108 cm³/mol. The van der Waals surface area contributed by atoms with Crippen molar-refractivity contribution < 1.29 is 4.79 Å². The van der Waals surface area contributed by atoms with E-state index in [-0.39, 0.29) is 11.3 Å². The van der Waals surface area contributed by atoms with Crippen molar-refractivity contribution in [1.82, 2.24) is 25.9 Å². The lowest BCUT2D eigenvalue weighted by atomic mass is 9.77. The summed E-state index contributed by atoms with van der Waals surface area (Å²) in [6.45, 7) is 2.26. The standard InChI is InChI=1S/C22H25N5O/c1-22(14-3-2-4-15-22)17-11-8-16(9-12-17)10-13-20(28)23-19-7-5-6-18(19)21-24-26-27-25-21/h2-4,8-9,11-12,14H,5-7,10,13,15H2,1H3,(H,23,28)(H,24,25,26,27). The highest BCUT2D eigenvalue weighted by Crippen LogP contribution is 2.32. The van der Waals surface area contributed by atoms with Gasteiger partial charge < -0.3 is 5.32 Å². The Bertz CT molecular complexity index is 924. The van der Waals surface area contributed by atoms with E-state index in [9.17, 15) is 4.79 Å². The SMILES string of the molecule is CC1(c2ccc(CCC(=O)NC3=C(c4nn[nH]n4)CCC3)cc2)C=CC=CC1. The number of benzene rings is 1. The second-order valence-corrected chi connectivity index (χ2v) is 7.70. The van der Waals surface area contributed by atoms with Gasteiger partial charge in [0.2, 0.25) is 11.7 Å². The van der Waals surface area contributed by atoms with Crippen LogP contribution in [-0.2, 0) is 16.6 Å². The molecule has 1 unspecified atom stereocenters. The van der Waals surface area contributed by atoms with Crippen LogP contribution in [0.15, 0.2) is 54.3 Å². The van der Waals surface area contributed by atoms with Crippen LogP contribution in [0.25, 0.3) is 5.57 Å². The first-order chi connectivity index (χ1) is 13.6. The van der Waals surface area contributed by atoms with Gasteiger partial charge in [0, 0.05) is 23.1 Å². The Labute approximate surface area is 164 Å². The van der Waals surface area contributed by atoms with E-state index in [0.29, 0.717) is 12.2 Å². The first-order valence-corrected chi connectivity index (χ1v) is 9.83. The van der Waals surface area contributed by atoms with Crippen molar-refractivity contribution >= 4 is 11.5 Å². The maximum absolute atomic E-state index is 12.4. The Kier molecular flexibility index (Phi) is 5.19. The molecule has 4 rings (SSSR count). The van der Waals surface area contributed by atoms with Gasteiger partial charge in [0.15, 0.2) is 0 Å². The first kappa shape index (κ1) is 18.3. The van der Waals surface area contributed by atoms with Crippen molar-refractivity contribution in [1.29, 1.82) is 0 Å². The Hall–Kier alpha value is -3.02. The summed E-state index contributed by atoms with van der Waals surface area (Å²) < 4.78 is 0. The zero-order valence-electron chi connectivity index (χ0n) is 16.1. The Balaban J connectivity index is 1.34.